The maximum absolute atomic E-state index is 11.5. The molecular weight excluding hydrogens is 488 g/mol. The topological polar surface area (TPSA) is 117 Å². The molecule has 3 fully saturated rings. The van der Waals surface area contributed by atoms with Crippen LogP contribution in [-0.2, 0) is 10.0 Å². The standard InChI is InChI=1S/C26H28N8O2S/c1-37(35,36)31-19-2-5-21(6-3-19)34-13-8-18-14-28-24(30-23(18)34)29-20-4-7-22(27-15-20)33-16-25(9-10-25)32-26(17-33)11-12-26/h2-8,13-15,31-32H,9-12,16-17H2,1H3,(H,28,29,30). The van der Waals surface area contributed by atoms with Gasteiger partial charge in [0, 0.05) is 53.3 Å². The highest BCUT2D eigenvalue weighted by Gasteiger charge is 2.58. The third kappa shape index (κ3) is 4.49. The van der Waals surface area contributed by atoms with Crippen LogP contribution in [0, 0.1) is 0 Å². The Morgan fingerprint density at radius 3 is 2.22 bits per heavy atom. The van der Waals surface area contributed by atoms with E-state index in [0.717, 1.165) is 47.6 Å². The lowest BCUT2D eigenvalue weighted by Crippen LogP contribution is -2.60. The van der Waals surface area contributed by atoms with Gasteiger partial charge in [0.05, 0.1) is 18.1 Å². The van der Waals surface area contributed by atoms with Crippen molar-refractivity contribution in [3.8, 4) is 5.69 Å². The van der Waals surface area contributed by atoms with Gasteiger partial charge >= 0.3 is 0 Å². The summed E-state index contributed by atoms with van der Waals surface area (Å²) in [5, 5.41) is 8.09. The Kier molecular flexibility index (Phi) is 4.80. The van der Waals surface area contributed by atoms with E-state index in [4.69, 9.17) is 9.97 Å². The number of aromatic nitrogens is 4. The first kappa shape index (κ1) is 22.5. The lowest BCUT2D eigenvalue weighted by atomic mass is 10.1. The van der Waals surface area contributed by atoms with Crippen LogP contribution >= 0.6 is 0 Å². The lowest BCUT2D eigenvalue weighted by Gasteiger charge is -2.40. The molecule has 4 heterocycles. The smallest absolute Gasteiger partial charge is 0.229 e. The van der Waals surface area contributed by atoms with E-state index in [2.05, 4.69) is 31.3 Å². The molecule has 3 aliphatic rings. The highest BCUT2D eigenvalue weighted by molar-refractivity contribution is 7.92. The summed E-state index contributed by atoms with van der Waals surface area (Å²) >= 11 is 0. The molecule has 11 heteroatoms. The molecule has 2 aliphatic carbocycles. The predicted octanol–water partition coefficient (Wildman–Crippen LogP) is 3.41. The monoisotopic (exact) mass is 516 g/mol. The van der Waals surface area contributed by atoms with Crippen molar-refractivity contribution < 1.29 is 8.42 Å². The average molecular weight is 517 g/mol. The van der Waals surface area contributed by atoms with Crippen LogP contribution in [0.15, 0.2) is 61.1 Å². The van der Waals surface area contributed by atoms with Gasteiger partial charge in [0.1, 0.15) is 11.5 Å². The van der Waals surface area contributed by atoms with Crippen molar-refractivity contribution in [2.75, 3.05) is 34.3 Å². The highest BCUT2D eigenvalue weighted by atomic mass is 32.2. The van der Waals surface area contributed by atoms with E-state index in [-0.39, 0.29) is 0 Å². The summed E-state index contributed by atoms with van der Waals surface area (Å²) in [6, 6.07) is 13.2. The number of rotatable bonds is 6. The molecule has 0 atom stereocenters. The molecule has 10 nitrogen and oxygen atoms in total. The van der Waals surface area contributed by atoms with Crippen LogP contribution in [0.5, 0.6) is 0 Å². The molecular formula is C26H28N8O2S. The zero-order chi connectivity index (χ0) is 25.3. The van der Waals surface area contributed by atoms with Crippen molar-refractivity contribution in [2.45, 2.75) is 36.8 Å². The summed E-state index contributed by atoms with van der Waals surface area (Å²) in [6.45, 7) is 2.05. The van der Waals surface area contributed by atoms with E-state index in [9.17, 15) is 8.42 Å². The fourth-order valence-electron chi connectivity index (χ4n) is 5.33. The molecule has 2 saturated carbocycles. The van der Waals surface area contributed by atoms with Gasteiger partial charge in [-0.3, -0.25) is 4.72 Å². The summed E-state index contributed by atoms with van der Waals surface area (Å²) in [5.41, 5.74) is 3.55. The Hall–Kier alpha value is -3.70. The van der Waals surface area contributed by atoms with Crippen molar-refractivity contribution in [2.24, 2.45) is 0 Å². The number of anilines is 4. The third-order valence-corrected chi connectivity index (χ3v) is 8.03. The van der Waals surface area contributed by atoms with Gasteiger partial charge in [-0.05, 0) is 68.1 Å². The van der Waals surface area contributed by atoms with E-state index < -0.39 is 10.0 Å². The number of pyridine rings is 1. The largest absolute Gasteiger partial charge is 0.353 e. The molecule has 1 aliphatic heterocycles. The number of sulfonamides is 1. The number of hydrogen-bond acceptors (Lipinski definition) is 8. The van der Waals surface area contributed by atoms with Crippen molar-refractivity contribution >= 4 is 44.2 Å². The molecule has 0 unspecified atom stereocenters. The fraction of sp³-hybridized carbons (Fsp3) is 0.346. The van der Waals surface area contributed by atoms with Crippen LogP contribution in [0.2, 0.25) is 0 Å². The first-order valence-corrected chi connectivity index (χ1v) is 14.4. The molecule has 4 aromatic rings. The Bertz CT molecular complexity index is 1570. The van der Waals surface area contributed by atoms with Crippen LogP contribution in [0.4, 0.5) is 23.1 Å². The number of hydrogen-bond donors (Lipinski definition) is 3. The molecule has 190 valence electrons. The summed E-state index contributed by atoms with van der Waals surface area (Å²) in [7, 11) is -3.32. The van der Waals surface area contributed by atoms with E-state index >= 15 is 0 Å². The number of nitrogens with one attached hydrogen (secondary N) is 3. The SMILES string of the molecule is CS(=O)(=O)Nc1ccc(-n2ccc3cnc(Nc4ccc(N5CC6(CC6)NC6(CC6)C5)nc4)nc32)cc1. The minimum atomic E-state index is -3.32. The fourth-order valence-corrected chi connectivity index (χ4v) is 5.89. The molecule has 0 bridgehead atoms. The molecule has 0 amide bonds. The number of fused-ring (bicyclic) bond motifs is 1. The first-order chi connectivity index (χ1) is 17.8. The number of piperazine rings is 1. The summed E-state index contributed by atoms with van der Waals surface area (Å²) in [6.07, 6.45) is 11.7. The van der Waals surface area contributed by atoms with Crippen LogP contribution in [0.25, 0.3) is 16.7 Å². The minimum absolute atomic E-state index is 0.302. The van der Waals surface area contributed by atoms with Gasteiger partial charge in [0.2, 0.25) is 16.0 Å². The highest BCUT2D eigenvalue weighted by Crippen LogP contribution is 2.49. The first-order valence-electron chi connectivity index (χ1n) is 12.5. The predicted molar refractivity (Wildman–Crippen MR) is 144 cm³/mol. The molecule has 0 radical (unpaired) electrons. The Balaban J connectivity index is 1.09. The maximum atomic E-state index is 11.5. The number of benzene rings is 1. The molecule has 37 heavy (non-hydrogen) atoms. The summed E-state index contributed by atoms with van der Waals surface area (Å²) in [5.74, 6) is 1.50. The van der Waals surface area contributed by atoms with Crippen LogP contribution in [-0.4, -0.2) is 58.4 Å². The van der Waals surface area contributed by atoms with Gasteiger partial charge in [-0.25, -0.2) is 18.4 Å². The van der Waals surface area contributed by atoms with E-state index in [1.54, 1.807) is 18.3 Å². The zero-order valence-electron chi connectivity index (χ0n) is 20.5. The Morgan fingerprint density at radius 1 is 0.892 bits per heavy atom. The Morgan fingerprint density at radius 2 is 1.59 bits per heavy atom. The Labute approximate surface area is 215 Å². The van der Waals surface area contributed by atoms with Gasteiger partial charge < -0.3 is 20.1 Å². The van der Waals surface area contributed by atoms with Crippen molar-refractivity contribution in [3.63, 3.8) is 0 Å². The second kappa shape index (κ2) is 7.90. The normalized spacial score (nSPS) is 19.3. The molecule has 1 aromatic carbocycles. The maximum Gasteiger partial charge on any atom is 0.229 e. The van der Waals surface area contributed by atoms with E-state index in [1.807, 2.05) is 41.2 Å². The van der Waals surface area contributed by atoms with E-state index in [1.165, 1.54) is 25.7 Å². The summed E-state index contributed by atoms with van der Waals surface area (Å²) < 4.78 is 27.4. The molecule has 3 N–H and O–H groups in total. The zero-order valence-corrected chi connectivity index (χ0v) is 21.3. The molecule has 1 saturated heterocycles. The van der Waals surface area contributed by atoms with Gasteiger partial charge in [0.15, 0.2) is 0 Å². The second-order valence-corrected chi connectivity index (χ2v) is 12.4. The minimum Gasteiger partial charge on any atom is -0.353 e. The second-order valence-electron chi connectivity index (χ2n) is 10.7. The lowest BCUT2D eigenvalue weighted by molar-refractivity contribution is 0.339. The van der Waals surface area contributed by atoms with Gasteiger partial charge in [-0.15, -0.1) is 0 Å². The van der Waals surface area contributed by atoms with E-state index in [0.29, 0.717) is 22.7 Å². The van der Waals surface area contributed by atoms with Gasteiger partial charge in [-0.1, -0.05) is 0 Å². The van der Waals surface area contributed by atoms with Crippen molar-refractivity contribution in [3.05, 3.63) is 61.1 Å². The average Bonchev–Trinajstić information content (AvgIpc) is 3.75. The quantitative estimate of drug-likeness (QED) is 0.357. The third-order valence-electron chi connectivity index (χ3n) is 7.43. The van der Waals surface area contributed by atoms with Crippen LogP contribution in [0.1, 0.15) is 25.7 Å². The van der Waals surface area contributed by atoms with Crippen molar-refractivity contribution in [1.82, 2.24) is 24.8 Å². The molecule has 3 aromatic heterocycles. The summed E-state index contributed by atoms with van der Waals surface area (Å²) in [4.78, 5) is 16.4. The van der Waals surface area contributed by atoms with Crippen molar-refractivity contribution in [1.29, 1.82) is 0 Å². The van der Waals surface area contributed by atoms with Crippen LogP contribution < -0.4 is 20.3 Å². The molecule has 7 rings (SSSR count). The van der Waals surface area contributed by atoms with Crippen LogP contribution in [0.3, 0.4) is 0 Å². The van der Waals surface area contributed by atoms with Gasteiger partial charge in [0.25, 0.3) is 0 Å². The number of nitrogens with zero attached hydrogens (tertiary/aromatic N) is 5. The molecule has 2 spiro atoms. The van der Waals surface area contributed by atoms with Gasteiger partial charge in [-0.2, -0.15) is 4.98 Å².